The highest BCUT2D eigenvalue weighted by Crippen LogP contribution is 2.32. The fourth-order valence-corrected chi connectivity index (χ4v) is 3.72. The molecule has 0 aliphatic carbocycles. The van der Waals surface area contributed by atoms with E-state index < -0.39 is 5.97 Å². The van der Waals surface area contributed by atoms with Gasteiger partial charge >= 0.3 is 5.97 Å². The summed E-state index contributed by atoms with van der Waals surface area (Å²) in [4.78, 5) is 37.3. The van der Waals surface area contributed by atoms with Gasteiger partial charge in [-0.05, 0) is 31.5 Å². The average molecular weight is 371 g/mol. The van der Waals surface area contributed by atoms with E-state index in [1.54, 1.807) is 24.3 Å². The van der Waals surface area contributed by atoms with E-state index in [2.05, 4.69) is 10.4 Å². The number of para-hydroxylation sites is 1. The maximum absolute atomic E-state index is 12.5. The van der Waals surface area contributed by atoms with E-state index >= 15 is 0 Å². The number of rotatable bonds is 4. The summed E-state index contributed by atoms with van der Waals surface area (Å²) >= 11 is 1.32. The van der Waals surface area contributed by atoms with Crippen LogP contribution >= 0.6 is 11.3 Å². The van der Waals surface area contributed by atoms with Crippen LogP contribution in [0.15, 0.2) is 35.3 Å². The Labute approximate surface area is 153 Å². The number of hydrogen-bond acceptors (Lipinski definition) is 6. The number of anilines is 1. The summed E-state index contributed by atoms with van der Waals surface area (Å²) in [5.74, 6) is -0.841. The molecule has 0 aliphatic rings. The van der Waals surface area contributed by atoms with Crippen molar-refractivity contribution in [1.82, 2.24) is 9.78 Å². The molecule has 0 saturated carbocycles. The van der Waals surface area contributed by atoms with Crippen molar-refractivity contribution in [3.63, 3.8) is 0 Å². The van der Waals surface area contributed by atoms with E-state index in [0.29, 0.717) is 21.5 Å². The SMILES string of the molecule is COC(=O)c1c(NC(=O)Cn2ncc(=O)c3ccccc32)sc(C)c1C. The van der Waals surface area contributed by atoms with Crippen molar-refractivity contribution in [3.8, 4) is 0 Å². The second kappa shape index (κ2) is 7.09. The van der Waals surface area contributed by atoms with Crippen molar-refractivity contribution in [2.45, 2.75) is 20.4 Å². The van der Waals surface area contributed by atoms with Crippen LogP contribution in [-0.4, -0.2) is 28.8 Å². The number of benzene rings is 1. The standard InChI is InChI=1S/C18H17N3O4S/c1-10-11(2)26-17(16(10)18(24)25-3)20-15(23)9-21-13-7-5-4-6-12(13)14(22)8-19-21/h4-8H,9H2,1-3H3,(H,20,23). The van der Waals surface area contributed by atoms with E-state index in [9.17, 15) is 14.4 Å². The monoisotopic (exact) mass is 371 g/mol. The Hall–Kier alpha value is -3.00. The molecule has 1 N–H and O–H groups in total. The van der Waals surface area contributed by atoms with Crippen LogP contribution in [0.5, 0.6) is 0 Å². The number of thiophene rings is 1. The van der Waals surface area contributed by atoms with Crippen molar-refractivity contribution >= 4 is 39.1 Å². The Morgan fingerprint density at radius 2 is 2.00 bits per heavy atom. The summed E-state index contributed by atoms with van der Waals surface area (Å²) in [5, 5.41) is 7.73. The van der Waals surface area contributed by atoms with Gasteiger partial charge in [-0.15, -0.1) is 11.3 Å². The molecular formula is C18H17N3O4S. The molecule has 1 aromatic carbocycles. The largest absolute Gasteiger partial charge is 0.465 e. The predicted molar refractivity (Wildman–Crippen MR) is 99.8 cm³/mol. The molecule has 0 bridgehead atoms. The molecule has 3 rings (SSSR count). The van der Waals surface area contributed by atoms with Crippen LogP contribution in [0.2, 0.25) is 0 Å². The first-order valence-corrected chi connectivity index (χ1v) is 8.67. The van der Waals surface area contributed by atoms with Crippen molar-refractivity contribution in [2.24, 2.45) is 0 Å². The zero-order valence-electron chi connectivity index (χ0n) is 14.5. The number of aryl methyl sites for hydroxylation is 1. The molecule has 134 valence electrons. The van der Waals surface area contributed by atoms with Gasteiger partial charge in [-0.1, -0.05) is 12.1 Å². The highest BCUT2D eigenvalue weighted by atomic mass is 32.1. The molecule has 1 amide bonds. The number of carbonyl (C=O) groups excluding carboxylic acids is 2. The van der Waals surface area contributed by atoms with Crippen LogP contribution in [0.1, 0.15) is 20.8 Å². The number of aromatic nitrogens is 2. The van der Waals surface area contributed by atoms with E-state index in [4.69, 9.17) is 4.74 Å². The fraction of sp³-hybridized carbons (Fsp3) is 0.222. The van der Waals surface area contributed by atoms with E-state index in [1.807, 2.05) is 13.8 Å². The van der Waals surface area contributed by atoms with Crippen molar-refractivity contribution < 1.29 is 14.3 Å². The number of esters is 1. The Bertz CT molecular complexity index is 1070. The van der Waals surface area contributed by atoms with Gasteiger partial charge in [0.1, 0.15) is 11.5 Å². The minimum Gasteiger partial charge on any atom is -0.465 e. The van der Waals surface area contributed by atoms with Gasteiger partial charge in [-0.25, -0.2) is 4.79 Å². The molecule has 2 heterocycles. The average Bonchev–Trinajstić information content (AvgIpc) is 2.90. The second-order valence-electron chi connectivity index (χ2n) is 5.71. The molecule has 26 heavy (non-hydrogen) atoms. The Kier molecular flexibility index (Phi) is 4.85. The quantitative estimate of drug-likeness (QED) is 0.712. The highest BCUT2D eigenvalue weighted by Gasteiger charge is 2.21. The smallest absolute Gasteiger partial charge is 0.341 e. The Morgan fingerprint density at radius 3 is 2.73 bits per heavy atom. The summed E-state index contributed by atoms with van der Waals surface area (Å²) in [5.41, 5.74) is 1.52. The third kappa shape index (κ3) is 3.23. The number of methoxy groups -OCH3 is 1. The number of hydrogen-bond donors (Lipinski definition) is 1. The summed E-state index contributed by atoms with van der Waals surface area (Å²) in [6, 6.07) is 6.96. The van der Waals surface area contributed by atoms with Gasteiger partial charge in [0.15, 0.2) is 0 Å². The van der Waals surface area contributed by atoms with Crippen molar-refractivity contribution in [1.29, 1.82) is 0 Å². The molecule has 0 spiro atoms. The molecule has 2 aromatic heterocycles. The van der Waals surface area contributed by atoms with Gasteiger partial charge in [0.2, 0.25) is 11.3 Å². The second-order valence-corrected chi connectivity index (χ2v) is 6.94. The van der Waals surface area contributed by atoms with Crippen LogP contribution < -0.4 is 10.7 Å². The zero-order chi connectivity index (χ0) is 18.8. The first-order chi connectivity index (χ1) is 12.4. The van der Waals surface area contributed by atoms with E-state index in [1.165, 1.54) is 29.3 Å². The Balaban J connectivity index is 1.90. The summed E-state index contributed by atoms with van der Waals surface area (Å²) < 4.78 is 6.26. The topological polar surface area (TPSA) is 90.3 Å². The predicted octanol–water partition coefficient (Wildman–Crippen LogP) is 2.50. The summed E-state index contributed by atoms with van der Waals surface area (Å²) in [6.45, 7) is 3.60. The fourth-order valence-electron chi connectivity index (χ4n) is 2.65. The lowest BCUT2D eigenvalue weighted by atomic mass is 10.1. The summed E-state index contributed by atoms with van der Waals surface area (Å²) in [6.07, 6.45) is 1.19. The van der Waals surface area contributed by atoms with Crippen LogP contribution in [0.4, 0.5) is 5.00 Å². The van der Waals surface area contributed by atoms with Gasteiger partial charge < -0.3 is 10.1 Å². The molecule has 0 atom stereocenters. The van der Waals surface area contributed by atoms with Crippen LogP contribution in [0.3, 0.4) is 0 Å². The molecule has 3 aromatic rings. The molecule has 8 heteroatoms. The van der Waals surface area contributed by atoms with E-state index in [-0.39, 0.29) is 17.9 Å². The number of nitrogens with zero attached hydrogens (tertiary/aromatic N) is 2. The molecule has 0 aliphatic heterocycles. The van der Waals surface area contributed by atoms with Crippen molar-refractivity contribution in [2.75, 3.05) is 12.4 Å². The molecule has 0 radical (unpaired) electrons. The maximum Gasteiger partial charge on any atom is 0.341 e. The molecule has 0 fully saturated rings. The molecule has 0 saturated heterocycles. The molecule has 0 unspecified atom stereocenters. The summed E-state index contributed by atoms with van der Waals surface area (Å²) in [7, 11) is 1.30. The van der Waals surface area contributed by atoms with Gasteiger partial charge in [-0.3, -0.25) is 14.3 Å². The number of carbonyl (C=O) groups is 2. The number of amides is 1. The van der Waals surface area contributed by atoms with Gasteiger partial charge in [-0.2, -0.15) is 5.10 Å². The molecular weight excluding hydrogens is 354 g/mol. The third-order valence-electron chi connectivity index (χ3n) is 4.08. The van der Waals surface area contributed by atoms with Gasteiger partial charge in [0.25, 0.3) is 0 Å². The van der Waals surface area contributed by atoms with E-state index in [0.717, 1.165) is 10.4 Å². The van der Waals surface area contributed by atoms with Crippen LogP contribution in [-0.2, 0) is 16.1 Å². The van der Waals surface area contributed by atoms with Gasteiger partial charge in [0.05, 0.1) is 24.4 Å². The lowest BCUT2D eigenvalue weighted by Gasteiger charge is -2.10. The normalized spacial score (nSPS) is 10.7. The van der Waals surface area contributed by atoms with Crippen molar-refractivity contribution in [3.05, 3.63) is 56.7 Å². The van der Waals surface area contributed by atoms with Gasteiger partial charge in [0, 0.05) is 10.3 Å². The highest BCUT2D eigenvalue weighted by molar-refractivity contribution is 7.16. The number of ether oxygens (including phenoxy) is 1. The lowest BCUT2D eigenvalue weighted by molar-refractivity contribution is -0.116. The minimum atomic E-state index is -0.492. The zero-order valence-corrected chi connectivity index (χ0v) is 15.3. The molecule has 7 nitrogen and oxygen atoms in total. The first kappa shape index (κ1) is 17.8. The minimum absolute atomic E-state index is 0.0859. The lowest BCUT2D eigenvalue weighted by Crippen LogP contribution is -2.23. The third-order valence-corrected chi connectivity index (χ3v) is 5.21. The Morgan fingerprint density at radius 1 is 1.27 bits per heavy atom. The maximum atomic E-state index is 12.5. The number of nitrogens with one attached hydrogen (secondary N) is 1. The van der Waals surface area contributed by atoms with Crippen LogP contribution in [0.25, 0.3) is 10.9 Å². The number of fused-ring (bicyclic) bond motifs is 1. The first-order valence-electron chi connectivity index (χ1n) is 7.85. The van der Waals surface area contributed by atoms with Crippen LogP contribution in [0, 0.1) is 13.8 Å².